The first-order valence-corrected chi connectivity index (χ1v) is 9.73. The molecule has 0 atom stereocenters. The molecule has 3 heteroatoms. The van der Waals surface area contributed by atoms with Crippen molar-refractivity contribution in [2.75, 3.05) is 34.2 Å². The fourth-order valence-electron chi connectivity index (χ4n) is 3.36. The Morgan fingerprint density at radius 3 is 1.83 bits per heavy atom. The van der Waals surface area contributed by atoms with Gasteiger partial charge in [0.25, 0.3) is 0 Å². The molecule has 0 aliphatic rings. The van der Waals surface area contributed by atoms with Gasteiger partial charge >= 0.3 is 0 Å². The van der Waals surface area contributed by atoms with Gasteiger partial charge in [-0.3, -0.25) is 4.79 Å². The molecule has 0 saturated carbocycles. The molecule has 0 aromatic carbocycles. The lowest BCUT2D eigenvalue weighted by Gasteiger charge is -2.34. The lowest BCUT2D eigenvalue weighted by Crippen LogP contribution is -2.47. The van der Waals surface area contributed by atoms with E-state index in [4.69, 9.17) is 0 Å². The number of nitrogens with zero attached hydrogens (tertiary/aromatic N) is 1. The molecule has 0 aromatic rings. The summed E-state index contributed by atoms with van der Waals surface area (Å²) >= 11 is 0. The number of quaternary nitrogens is 1. The van der Waals surface area contributed by atoms with E-state index < -0.39 is 0 Å². The zero-order valence-electron chi connectivity index (χ0n) is 16.8. The van der Waals surface area contributed by atoms with Gasteiger partial charge in [0.15, 0.2) is 0 Å². The quantitative estimate of drug-likeness (QED) is 0.362. The first-order chi connectivity index (χ1) is 10.7. The second-order valence-electron chi connectivity index (χ2n) is 8.97. The number of hydrogen-bond acceptors (Lipinski definition) is 1. The van der Waals surface area contributed by atoms with Crippen molar-refractivity contribution in [3.05, 3.63) is 0 Å². The van der Waals surface area contributed by atoms with Crippen molar-refractivity contribution in [3.8, 4) is 0 Å². The third-order valence-electron chi connectivity index (χ3n) is 4.17. The van der Waals surface area contributed by atoms with E-state index in [1.807, 2.05) is 0 Å². The van der Waals surface area contributed by atoms with Crippen LogP contribution in [0, 0.1) is 5.41 Å². The molecule has 0 aromatic heterocycles. The summed E-state index contributed by atoms with van der Waals surface area (Å²) in [6, 6.07) is 0. The van der Waals surface area contributed by atoms with Gasteiger partial charge in [-0.1, -0.05) is 72.1 Å². The van der Waals surface area contributed by atoms with Crippen LogP contribution in [0.5, 0.6) is 0 Å². The van der Waals surface area contributed by atoms with Crippen LogP contribution in [-0.4, -0.2) is 44.6 Å². The SMILES string of the molecule is CCCCCCCCCCCC(=O)NCC(C)(C)C[N+](C)(C)C. The number of rotatable bonds is 14. The van der Waals surface area contributed by atoms with Crippen LogP contribution in [0.4, 0.5) is 0 Å². The Hall–Kier alpha value is -0.570. The van der Waals surface area contributed by atoms with Crippen LogP contribution in [0.2, 0.25) is 0 Å². The second-order valence-corrected chi connectivity index (χ2v) is 8.97. The van der Waals surface area contributed by atoms with Crippen molar-refractivity contribution in [3.63, 3.8) is 0 Å². The highest BCUT2D eigenvalue weighted by atomic mass is 16.1. The van der Waals surface area contributed by atoms with E-state index in [0.717, 1.165) is 24.0 Å². The fraction of sp³-hybridized carbons (Fsp3) is 0.950. The molecular formula is C20H43N2O+. The first kappa shape index (κ1) is 22.4. The van der Waals surface area contributed by atoms with E-state index in [0.29, 0.717) is 6.42 Å². The van der Waals surface area contributed by atoms with Crippen molar-refractivity contribution in [2.45, 2.75) is 85.0 Å². The van der Waals surface area contributed by atoms with E-state index in [1.165, 1.54) is 51.4 Å². The number of amides is 1. The predicted molar refractivity (Wildman–Crippen MR) is 102 cm³/mol. The van der Waals surface area contributed by atoms with E-state index in [9.17, 15) is 4.79 Å². The van der Waals surface area contributed by atoms with Crippen molar-refractivity contribution in [1.82, 2.24) is 5.32 Å². The zero-order chi connectivity index (χ0) is 17.8. The summed E-state index contributed by atoms with van der Waals surface area (Å²) in [6.45, 7) is 8.56. The Kier molecular flexibility index (Phi) is 11.6. The smallest absolute Gasteiger partial charge is 0.220 e. The average Bonchev–Trinajstić information content (AvgIpc) is 2.41. The van der Waals surface area contributed by atoms with Crippen molar-refractivity contribution >= 4 is 5.91 Å². The predicted octanol–water partition coefficient (Wildman–Crippen LogP) is 4.76. The molecule has 1 amide bonds. The number of carbonyl (C=O) groups is 1. The summed E-state index contributed by atoms with van der Waals surface area (Å²) in [4.78, 5) is 11.9. The minimum atomic E-state index is 0.145. The van der Waals surface area contributed by atoms with Gasteiger partial charge in [-0.25, -0.2) is 0 Å². The average molecular weight is 328 g/mol. The molecule has 0 spiro atoms. The van der Waals surface area contributed by atoms with Crippen LogP contribution in [-0.2, 0) is 4.79 Å². The maximum atomic E-state index is 11.9. The lowest BCUT2D eigenvalue weighted by molar-refractivity contribution is -0.876. The maximum Gasteiger partial charge on any atom is 0.220 e. The third-order valence-corrected chi connectivity index (χ3v) is 4.17. The Morgan fingerprint density at radius 2 is 1.35 bits per heavy atom. The van der Waals surface area contributed by atoms with Crippen molar-refractivity contribution in [1.29, 1.82) is 0 Å². The lowest BCUT2D eigenvalue weighted by atomic mass is 9.92. The molecule has 0 aliphatic heterocycles. The van der Waals surface area contributed by atoms with Crippen molar-refractivity contribution in [2.24, 2.45) is 5.41 Å². The molecule has 138 valence electrons. The minimum Gasteiger partial charge on any atom is -0.355 e. The largest absolute Gasteiger partial charge is 0.355 e. The molecule has 23 heavy (non-hydrogen) atoms. The topological polar surface area (TPSA) is 29.1 Å². The Labute approximate surface area is 145 Å². The van der Waals surface area contributed by atoms with Gasteiger partial charge in [-0.2, -0.15) is 0 Å². The summed E-state index contributed by atoms with van der Waals surface area (Å²) in [5.74, 6) is 0.224. The van der Waals surface area contributed by atoms with Gasteiger partial charge in [-0.05, 0) is 6.42 Å². The van der Waals surface area contributed by atoms with Gasteiger partial charge in [0.1, 0.15) is 0 Å². The molecule has 0 fully saturated rings. The molecule has 0 saturated heterocycles. The van der Waals surface area contributed by atoms with Gasteiger partial charge in [0.2, 0.25) is 5.91 Å². The Morgan fingerprint density at radius 1 is 0.870 bits per heavy atom. The maximum absolute atomic E-state index is 11.9. The van der Waals surface area contributed by atoms with E-state index in [1.54, 1.807) is 0 Å². The molecule has 0 bridgehead atoms. The molecule has 3 nitrogen and oxygen atoms in total. The standard InChI is InChI=1S/C20H42N2O/c1-7-8-9-10-11-12-13-14-15-16-19(23)21-17-20(2,3)18-22(4,5)6/h7-18H2,1-6H3/p+1. The van der Waals surface area contributed by atoms with Crippen LogP contribution in [0.1, 0.15) is 85.0 Å². The summed E-state index contributed by atoms with van der Waals surface area (Å²) in [5.41, 5.74) is 0.145. The summed E-state index contributed by atoms with van der Waals surface area (Å²) in [5, 5.41) is 3.12. The van der Waals surface area contributed by atoms with Gasteiger partial charge in [0.05, 0.1) is 27.7 Å². The zero-order valence-corrected chi connectivity index (χ0v) is 16.8. The van der Waals surface area contributed by atoms with Gasteiger partial charge < -0.3 is 9.80 Å². The summed E-state index contributed by atoms with van der Waals surface area (Å²) in [6.07, 6.45) is 12.4. The van der Waals surface area contributed by atoms with E-state index in [-0.39, 0.29) is 11.3 Å². The molecular weight excluding hydrogens is 284 g/mol. The fourth-order valence-corrected chi connectivity index (χ4v) is 3.36. The number of unbranched alkanes of at least 4 members (excludes halogenated alkanes) is 8. The highest BCUT2D eigenvalue weighted by molar-refractivity contribution is 5.75. The molecule has 1 N–H and O–H groups in total. The van der Waals surface area contributed by atoms with Gasteiger partial charge in [0, 0.05) is 18.4 Å². The van der Waals surface area contributed by atoms with Gasteiger partial charge in [-0.15, -0.1) is 0 Å². The third kappa shape index (κ3) is 16.1. The highest BCUT2D eigenvalue weighted by Crippen LogP contribution is 2.17. The van der Waals surface area contributed by atoms with Crippen LogP contribution in [0.3, 0.4) is 0 Å². The highest BCUT2D eigenvalue weighted by Gasteiger charge is 2.26. The number of carbonyl (C=O) groups excluding carboxylic acids is 1. The van der Waals surface area contributed by atoms with Crippen LogP contribution < -0.4 is 5.32 Å². The van der Waals surface area contributed by atoms with E-state index in [2.05, 4.69) is 47.2 Å². The minimum absolute atomic E-state index is 0.145. The second kappa shape index (κ2) is 11.9. The van der Waals surface area contributed by atoms with Crippen molar-refractivity contribution < 1.29 is 9.28 Å². The molecule has 0 heterocycles. The number of hydrogen-bond donors (Lipinski definition) is 1. The summed E-state index contributed by atoms with van der Waals surface area (Å²) in [7, 11) is 6.60. The molecule has 0 radical (unpaired) electrons. The molecule has 0 unspecified atom stereocenters. The Balaban J connectivity index is 3.57. The normalized spacial score (nSPS) is 12.4. The van der Waals surface area contributed by atoms with Crippen LogP contribution in [0.25, 0.3) is 0 Å². The Bertz CT molecular complexity index is 305. The van der Waals surface area contributed by atoms with Crippen LogP contribution in [0.15, 0.2) is 0 Å². The monoisotopic (exact) mass is 327 g/mol. The summed E-state index contributed by atoms with van der Waals surface area (Å²) < 4.78 is 0.932. The van der Waals surface area contributed by atoms with Crippen LogP contribution >= 0.6 is 0 Å². The molecule has 0 aliphatic carbocycles. The molecule has 0 rings (SSSR count). The first-order valence-electron chi connectivity index (χ1n) is 9.73. The number of nitrogens with one attached hydrogen (secondary N) is 1. The van der Waals surface area contributed by atoms with E-state index >= 15 is 0 Å².